The van der Waals surface area contributed by atoms with Crippen molar-refractivity contribution in [2.45, 2.75) is 27.2 Å². The third kappa shape index (κ3) is 2.44. The summed E-state index contributed by atoms with van der Waals surface area (Å²) in [7, 11) is 0. The molecule has 0 radical (unpaired) electrons. The maximum atomic E-state index is 11.0. The van der Waals surface area contributed by atoms with Gasteiger partial charge in [0.05, 0.1) is 4.92 Å². The van der Waals surface area contributed by atoms with Crippen LogP contribution in [0.2, 0.25) is 0 Å². The van der Waals surface area contributed by atoms with Crippen LogP contribution in [0.25, 0.3) is 11.1 Å². The molecule has 4 nitrogen and oxygen atoms in total. The van der Waals surface area contributed by atoms with E-state index >= 15 is 0 Å². The van der Waals surface area contributed by atoms with Gasteiger partial charge >= 0.3 is 0 Å². The van der Waals surface area contributed by atoms with Gasteiger partial charge in [-0.05, 0) is 60.6 Å². The number of nitro groups is 1. The monoisotopic (exact) mass is 318 g/mol. The van der Waals surface area contributed by atoms with Gasteiger partial charge in [-0.15, -0.1) is 12.4 Å². The fourth-order valence-corrected chi connectivity index (χ4v) is 3.29. The molecule has 0 bridgehead atoms. The van der Waals surface area contributed by atoms with E-state index in [0.717, 1.165) is 24.1 Å². The van der Waals surface area contributed by atoms with Gasteiger partial charge in [-0.3, -0.25) is 10.1 Å². The van der Waals surface area contributed by atoms with E-state index < -0.39 is 0 Å². The van der Waals surface area contributed by atoms with E-state index in [0.29, 0.717) is 0 Å². The topological polar surface area (TPSA) is 55.2 Å². The van der Waals surface area contributed by atoms with Gasteiger partial charge < -0.3 is 5.32 Å². The summed E-state index contributed by atoms with van der Waals surface area (Å²) in [5, 5.41) is 14.5. The molecule has 22 heavy (non-hydrogen) atoms. The number of hydrogen-bond donors (Lipinski definition) is 1. The minimum Gasteiger partial charge on any atom is -0.384 e. The molecule has 0 aliphatic carbocycles. The zero-order valence-corrected chi connectivity index (χ0v) is 13.7. The molecule has 0 amide bonds. The van der Waals surface area contributed by atoms with Crippen molar-refractivity contribution in [1.82, 2.24) is 0 Å². The molecule has 0 saturated heterocycles. The molecule has 3 rings (SSSR count). The molecule has 1 N–H and O–H groups in total. The van der Waals surface area contributed by atoms with Crippen molar-refractivity contribution in [3.8, 4) is 11.1 Å². The average molecular weight is 319 g/mol. The predicted molar refractivity (Wildman–Crippen MR) is 92.2 cm³/mol. The first kappa shape index (κ1) is 16.3. The van der Waals surface area contributed by atoms with Crippen molar-refractivity contribution in [2.24, 2.45) is 0 Å². The Labute approximate surface area is 136 Å². The summed E-state index contributed by atoms with van der Waals surface area (Å²) in [5.74, 6) is 0. The third-order valence-electron chi connectivity index (χ3n) is 4.46. The number of benzene rings is 2. The van der Waals surface area contributed by atoms with Crippen molar-refractivity contribution in [3.05, 3.63) is 56.6 Å². The van der Waals surface area contributed by atoms with Gasteiger partial charge in [-0.2, -0.15) is 0 Å². The van der Waals surface area contributed by atoms with E-state index in [9.17, 15) is 10.1 Å². The van der Waals surface area contributed by atoms with Crippen LogP contribution in [-0.2, 0) is 6.42 Å². The van der Waals surface area contributed by atoms with Crippen LogP contribution >= 0.6 is 12.4 Å². The maximum Gasteiger partial charge on any atom is 0.270 e. The molecule has 0 atom stereocenters. The summed E-state index contributed by atoms with van der Waals surface area (Å²) in [6.45, 7) is 7.30. The quantitative estimate of drug-likeness (QED) is 0.651. The SMILES string of the molecule is Cc1c(C)c(-c2cccc([N+](=O)[O-])c2)c(C)c2c1NCC2.Cl. The van der Waals surface area contributed by atoms with E-state index in [1.807, 2.05) is 6.07 Å². The lowest BCUT2D eigenvalue weighted by molar-refractivity contribution is -0.384. The zero-order valence-electron chi connectivity index (χ0n) is 12.9. The van der Waals surface area contributed by atoms with E-state index in [1.54, 1.807) is 12.1 Å². The third-order valence-corrected chi connectivity index (χ3v) is 4.46. The summed E-state index contributed by atoms with van der Waals surface area (Å²) in [4.78, 5) is 10.7. The molecular formula is C17H19ClN2O2. The molecule has 1 heterocycles. The first-order chi connectivity index (χ1) is 10.0. The number of nitrogens with one attached hydrogen (secondary N) is 1. The largest absolute Gasteiger partial charge is 0.384 e. The van der Waals surface area contributed by atoms with Crippen molar-refractivity contribution >= 4 is 23.8 Å². The smallest absolute Gasteiger partial charge is 0.270 e. The molecule has 0 fully saturated rings. The Balaban J connectivity index is 0.00000176. The molecule has 2 aromatic rings. The van der Waals surface area contributed by atoms with Gasteiger partial charge in [0.25, 0.3) is 5.69 Å². The number of nitrogens with zero attached hydrogens (tertiary/aromatic N) is 1. The van der Waals surface area contributed by atoms with Crippen molar-refractivity contribution in [2.75, 3.05) is 11.9 Å². The van der Waals surface area contributed by atoms with Crippen molar-refractivity contribution < 1.29 is 4.92 Å². The second-order valence-electron chi connectivity index (χ2n) is 5.59. The van der Waals surface area contributed by atoms with Gasteiger partial charge in [0.1, 0.15) is 0 Å². The minimum absolute atomic E-state index is 0. The molecule has 0 unspecified atom stereocenters. The fraction of sp³-hybridized carbons (Fsp3) is 0.294. The van der Waals surface area contributed by atoms with Crippen molar-refractivity contribution in [3.63, 3.8) is 0 Å². The highest BCUT2D eigenvalue weighted by Crippen LogP contribution is 2.40. The number of fused-ring (bicyclic) bond motifs is 1. The fourth-order valence-electron chi connectivity index (χ4n) is 3.29. The van der Waals surface area contributed by atoms with E-state index in [-0.39, 0.29) is 23.0 Å². The van der Waals surface area contributed by atoms with E-state index in [2.05, 4.69) is 26.1 Å². The number of anilines is 1. The van der Waals surface area contributed by atoms with Crippen LogP contribution in [0.4, 0.5) is 11.4 Å². The molecule has 1 aliphatic heterocycles. The van der Waals surface area contributed by atoms with Crippen LogP contribution in [0, 0.1) is 30.9 Å². The van der Waals surface area contributed by atoms with Crippen LogP contribution in [-0.4, -0.2) is 11.5 Å². The van der Waals surface area contributed by atoms with E-state index in [4.69, 9.17) is 0 Å². The Morgan fingerprint density at radius 3 is 2.55 bits per heavy atom. The van der Waals surface area contributed by atoms with Crippen molar-refractivity contribution in [1.29, 1.82) is 0 Å². The summed E-state index contributed by atoms with van der Waals surface area (Å²) < 4.78 is 0. The first-order valence-corrected chi connectivity index (χ1v) is 7.12. The molecule has 1 aliphatic rings. The van der Waals surface area contributed by atoms with Crippen LogP contribution in [0.5, 0.6) is 0 Å². The summed E-state index contributed by atoms with van der Waals surface area (Å²) in [5.41, 5.74) is 8.48. The highest BCUT2D eigenvalue weighted by atomic mass is 35.5. The summed E-state index contributed by atoms with van der Waals surface area (Å²) in [6, 6.07) is 6.92. The Morgan fingerprint density at radius 2 is 1.86 bits per heavy atom. The van der Waals surface area contributed by atoms with Crippen LogP contribution in [0.15, 0.2) is 24.3 Å². The van der Waals surface area contributed by atoms with Crippen LogP contribution in [0.3, 0.4) is 0 Å². The maximum absolute atomic E-state index is 11.0. The molecule has 0 saturated carbocycles. The Bertz CT molecular complexity index is 757. The Hall–Kier alpha value is -2.07. The lowest BCUT2D eigenvalue weighted by Crippen LogP contribution is -1.99. The van der Waals surface area contributed by atoms with Gasteiger partial charge in [0.2, 0.25) is 0 Å². The standard InChI is InChI=1S/C17H18N2O2.ClH/c1-10-11(2)17-15(7-8-18-17)12(3)16(10)13-5-4-6-14(9-13)19(20)21;/h4-6,9,18H,7-8H2,1-3H3;1H. The Kier molecular flexibility index (Phi) is 4.42. The lowest BCUT2D eigenvalue weighted by atomic mass is 9.87. The molecule has 116 valence electrons. The Morgan fingerprint density at radius 1 is 1.14 bits per heavy atom. The summed E-state index contributed by atoms with van der Waals surface area (Å²) in [6.07, 6.45) is 1.02. The van der Waals surface area contributed by atoms with Gasteiger partial charge in [0, 0.05) is 24.4 Å². The normalized spacial score (nSPS) is 12.3. The van der Waals surface area contributed by atoms with E-state index in [1.165, 1.54) is 34.0 Å². The second kappa shape index (κ2) is 5.97. The van der Waals surface area contributed by atoms with Gasteiger partial charge in [-0.25, -0.2) is 0 Å². The number of hydrogen-bond acceptors (Lipinski definition) is 3. The van der Waals surface area contributed by atoms with Gasteiger partial charge in [0.15, 0.2) is 0 Å². The predicted octanol–water partition coefficient (Wildman–Crippen LogP) is 4.58. The molecular weight excluding hydrogens is 300 g/mol. The highest BCUT2D eigenvalue weighted by molar-refractivity contribution is 5.85. The van der Waals surface area contributed by atoms with Gasteiger partial charge in [-0.1, -0.05) is 12.1 Å². The van der Waals surface area contributed by atoms with Crippen LogP contribution in [0.1, 0.15) is 22.3 Å². The molecule has 0 spiro atoms. The second-order valence-corrected chi connectivity index (χ2v) is 5.59. The first-order valence-electron chi connectivity index (χ1n) is 7.12. The lowest BCUT2D eigenvalue weighted by Gasteiger charge is -2.18. The number of rotatable bonds is 2. The minimum atomic E-state index is -0.337. The highest BCUT2D eigenvalue weighted by Gasteiger charge is 2.22. The number of nitro benzene ring substituents is 1. The van der Waals surface area contributed by atoms with Crippen LogP contribution < -0.4 is 5.32 Å². The molecule has 0 aromatic heterocycles. The number of non-ortho nitro benzene ring substituents is 1. The molecule has 2 aromatic carbocycles. The zero-order chi connectivity index (χ0) is 15.1. The summed E-state index contributed by atoms with van der Waals surface area (Å²) >= 11 is 0. The number of halogens is 1. The average Bonchev–Trinajstić information content (AvgIpc) is 2.95. The molecule has 5 heteroatoms.